The first-order chi connectivity index (χ1) is 10.1. The van der Waals surface area contributed by atoms with Gasteiger partial charge in [-0.15, -0.1) is 0 Å². The average molecular weight is 287 g/mol. The number of fused-ring (bicyclic) bond motifs is 1. The summed E-state index contributed by atoms with van der Waals surface area (Å²) in [5, 5.41) is 3.84. The number of nitrogens with one attached hydrogen (secondary N) is 1. The highest BCUT2D eigenvalue weighted by atomic mass is 14.9. The third-order valence-electron chi connectivity index (χ3n) is 5.51. The SMILES string of the molecule is CCCNC(CC1CCCc2ccccc21)C(C)(C)CC. The van der Waals surface area contributed by atoms with Crippen LogP contribution in [0.4, 0.5) is 0 Å². The summed E-state index contributed by atoms with van der Waals surface area (Å²) in [5.74, 6) is 0.745. The molecule has 0 amide bonds. The maximum absolute atomic E-state index is 3.84. The molecule has 0 saturated carbocycles. The molecule has 1 aliphatic carbocycles. The lowest BCUT2D eigenvalue weighted by Gasteiger charge is -2.38. The van der Waals surface area contributed by atoms with Crippen LogP contribution in [-0.4, -0.2) is 12.6 Å². The Morgan fingerprint density at radius 1 is 1.24 bits per heavy atom. The molecule has 0 heterocycles. The number of hydrogen-bond acceptors (Lipinski definition) is 1. The predicted molar refractivity (Wildman–Crippen MR) is 92.9 cm³/mol. The van der Waals surface area contributed by atoms with E-state index in [9.17, 15) is 0 Å². The van der Waals surface area contributed by atoms with Crippen LogP contribution < -0.4 is 5.32 Å². The Bertz CT molecular complexity index is 435. The summed E-state index contributed by atoms with van der Waals surface area (Å²) in [4.78, 5) is 0. The van der Waals surface area contributed by atoms with Crippen LogP contribution in [-0.2, 0) is 6.42 Å². The van der Waals surface area contributed by atoms with Gasteiger partial charge >= 0.3 is 0 Å². The topological polar surface area (TPSA) is 12.0 Å². The Kier molecular flexibility index (Phi) is 5.87. The lowest BCUT2D eigenvalue weighted by atomic mass is 9.73. The zero-order valence-corrected chi connectivity index (χ0v) is 14.4. The molecule has 0 spiro atoms. The minimum absolute atomic E-state index is 0.377. The molecule has 0 aromatic heterocycles. The molecule has 2 unspecified atom stereocenters. The summed E-state index contributed by atoms with van der Waals surface area (Å²) in [6.07, 6.45) is 7.74. The summed E-state index contributed by atoms with van der Waals surface area (Å²) in [5.41, 5.74) is 3.60. The van der Waals surface area contributed by atoms with Crippen molar-refractivity contribution in [3.05, 3.63) is 35.4 Å². The van der Waals surface area contributed by atoms with Crippen LogP contribution in [0.1, 0.15) is 76.8 Å². The van der Waals surface area contributed by atoms with E-state index in [1.165, 1.54) is 38.5 Å². The first-order valence-corrected chi connectivity index (χ1v) is 8.89. The third-order valence-corrected chi connectivity index (χ3v) is 5.51. The largest absolute Gasteiger partial charge is 0.313 e. The highest BCUT2D eigenvalue weighted by Crippen LogP contribution is 2.38. The molecule has 118 valence electrons. The molecular weight excluding hydrogens is 254 g/mol. The van der Waals surface area contributed by atoms with Crippen molar-refractivity contribution in [1.82, 2.24) is 5.32 Å². The van der Waals surface area contributed by atoms with Gasteiger partial charge in [0.1, 0.15) is 0 Å². The molecule has 0 radical (unpaired) electrons. The van der Waals surface area contributed by atoms with Crippen molar-refractivity contribution in [2.75, 3.05) is 6.54 Å². The molecule has 1 aromatic carbocycles. The van der Waals surface area contributed by atoms with E-state index in [1.807, 2.05) is 0 Å². The molecule has 1 heteroatoms. The maximum Gasteiger partial charge on any atom is 0.0124 e. The monoisotopic (exact) mass is 287 g/mol. The van der Waals surface area contributed by atoms with Crippen LogP contribution in [0.5, 0.6) is 0 Å². The van der Waals surface area contributed by atoms with Crippen molar-refractivity contribution in [2.24, 2.45) is 5.41 Å². The van der Waals surface area contributed by atoms with Gasteiger partial charge in [-0.25, -0.2) is 0 Å². The van der Waals surface area contributed by atoms with Gasteiger partial charge in [-0.1, -0.05) is 52.0 Å². The molecule has 0 aliphatic heterocycles. The summed E-state index contributed by atoms with van der Waals surface area (Å²) >= 11 is 0. The first kappa shape index (κ1) is 16.5. The van der Waals surface area contributed by atoms with E-state index in [1.54, 1.807) is 11.1 Å². The first-order valence-electron chi connectivity index (χ1n) is 8.89. The van der Waals surface area contributed by atoms with E-state index >= 15 is 0 Å². The Morgan fingerprint density at radius 2 is 2.00 bits per heavy atom. The highest BCUT2D eigenvalue weighted by Gasteiger charge is 2.31. The van der Waals surface area contributed by atoms with E-state index < -0.39 is 0 Å². The summed E-state index contributed by atoms with van der Waals surface area (Å²) in [6.45, 7) is 10.6. The van der Waals surface area contributed by atoms with Gasteiger partial charge in [0.15, 0.2) is 0 Å². The number of hydrogen-bond donors (Lipinski definition) is 1. The normalized spacial score (nSPS) is 20.1. The molecule has 1 nitrogen and oxygen atoms in total. The van der Waals surface area contributed by atoms with Gasteiger partial charge in [-0.2, -0.15) is 0 Å². The van der Waals surface area contributed by atoms with Crippen molar-refractivity contribution in [3.63, 3.8) is 0 Å². The van der Waals surface area contributed by atoms with Crippen LogP contribution in [0.25, 0.3) is 0 Å². The third kappa shape index (κ3) is 4.10. The Labute approximate surface area is 131 Å². The molecule has 2 atom stereocenters. The molecule has 1 aromatic rings. The molecule has 0 fully saturated rings. The van der Waals surface area contributed by atoms with Crippen molar-refractivity contribution >= 4 is 0 Å². The van der Waals surface area contributed by atoms with Crippen molar-refractivity contribution in [3.8, 4) is 0 Å². The highest BCUT2D eigenvalue weighted by molar-refractivity contribution is 5.32. The van der Waals surface area contributed by atoms with Gasteiger partial charge in [-0.3, -0.25) is 0 Å². The molecule has 2 rings (SSSR count). The summed E-state index contributed by atoms with van der Waals surface area (Å²) in [7, 11) is 0. The van der Waals surface area contributed by atoms with E-state index in [4.69, 9.17) is 0 Å². The average Bonchev–Trinajstić information content (AvgIpc) is 2.51. The van der Waals surface area contributed by atoms with E-state index in [2.05, 4.69) is 57.3 Å². The minimum Gasteiger partial charge on any atom is -0.313 e. The van der Waals surface area contributed by atoms with E-state index in [0.717, 1.165) is 12.5 Å². The van der Waals surface area contributed by atoms with E-state index in [0.29, 0.717) is 11.5 Å². The van der Waals surface area contributed by atoms with Crippen molar-refractivity contribution in [1.29, 1.82) is 0 Å². The number of rotatable bonds is 7. The second-order valence-corrected chi connectivity index (χ2v) is 7.37. The fourth-order valence-electron chi connectivity index (χ4n) is 3.63. The predicted octanol–water partition coefficient (Wildman–Crippen LogP) is 5.30. The molecule has 1 aliphatic rings. The molecule has 0 bridgehead atoms. The van der Waals surface area contributed by atoms with Gasteiger partial charge in [0, 0.05) is 6.04 Å². The fourth-order valence-corrected chi connectivity index (χ4v) is 3.63. The lowest BCUT2D eigenvalue weighted by Crippen LogP contribution is -2.43. The quantitative estimate of drug-likeness (QED) is 0.717. The van der Waals surface area contributed by atoms with Crippen LogP contribution in [0.3, 0.4) is 0 Å². The van der Waals surface area contributed by atoms with Crippen LogP contribution >= 0.6 is 0 Å². The molecule has 1 N–H and O–H groups in total. The van der Waals surface area contributed by atoms with Gasteiger partial charge in [0.05, 0.1) is 0 Å². The lowest BCUT2D eigenvalue weighted by molar-refractivity contribution is 0.206. The zero-order valence-electron chi connectivity index (χ0n) is 14.4. The van der Waals surface area contributed by atoms with Crippen LogP contribution in [0.2, 0.25) is 0 Å². The van der Waals surface area contributed by atoms with E-state index in [-0.39, 0.29) is 0 Å². The number of aryl methyl sites for hydroxylation is 1. The second-order valence-electron chi connectivity index (χ2n) is 7.37. The van der Waals surface area contributed by atoms with Crippen molar-refractivity contribution < 1.29 is 0 Å². The van der Waals surface area contributed by atoms with Gasteiger partial charge in [-0.05, 0) is 67.5 Å². The number of benzene rings is 1. The molecular formula is C20H33N. The van der Waals surface area contributed by atoms with Gasteiger partial charge < -0.3 is 5.32 Å². The zero-order chi connectivity index (χ0) is 15.3. The van der Waals surface area contributed by atoms with Gasteiger partial charge in [0.25, 0.3) is 0 Å². The standard InChI is InChI=1S/C20H33N/c1-5-14-21-19(20(3,4)6-2)15-17-12-9-11-16-10-7-8-13-18(16)17/h7-8,10,13,17,19,21H,5-6,9,11-12,14-15H2,1-4H3. The smallest absolute Gasteiger partial charge is 0.0124 e. The fraction of sp³-hybridized carbons (Fsp3) is 0.700. The van der Waals surface area contributed by atoms with Crippen LogP contribution in [0.15, 0.2) is 24.3 Å². The minimum atomic E-state index is 0.377. The molecule has 21 heavy (non-hydrogen) atoms. The van der Waals surface area contributed by atoms with Crippen LogP contribution in [0, 0.1) is 5.41 Å². The molecule has 0 saturated heterocycles. The van der Waals surface area contributed by atoms with Gasteiger partial charge in [0.2, 0.25) is 0 Å². The second kappa shape index (κ2) is 7.45. The maximum atomic E-state index is 3.84. The van der Waals surface area contributed by atoms with Crippen molar-refractivity contribution in [2.45, 2.75) is 78.2 Å². The Hall–Kier alpha value is -0.820. The Morgan fingerprint density at radius 3 is 2.71 bits per heavy atom. The summed E-state index contributed by atoms with van der Waals surface area (Å²) < 4.78 is 0. The summed E-state index contributed by atoms with van der Waals surface area (Å²) in [6, 6.07) is 9.75. The Balaban J connectivity index is 2.14.